The molecule has 2 aromatic carbocycles. The van der Waals surface area contributed by atoms with Gasteiger partial charge in [0.15, 0.2) is 0 Å². The standard InChI is InChI=1S/C19H21N3O/c1-23-17-8-3-7-16(12-17)15-6-2-5-14(11-15)13-19(21)9-4-10-22-18(19)20/h2-12,18H,13,20-21H2,1H3. The van der Waals surface area contributed by atoms with Gasteiger partial charge in [-0.25, -0.2) is 0 Å². The second-order valence-corrected chi connectivity index (χ2v) is 5.82. The van der Waals surface area contributed by atoms with Crippen molar-refractivity contribution in [3.63, 3.8) is 0 Å². The van der Waals surface area contributed by atoms with Crippen LogP contribution in [0.1, 0.15) is 5.56 Å². The average molecular weight is 307 g/mol. The Hall–Kier alpha value is -2.43. The van der Waals surface area contributed by atoms with Gasteiger partial charge in [0.25, 0.3) is 0 Å². The number of benzene rings is 2. The fourth-order valence-electron chi connectivity index (χ4n) is 2.78. The highest BCUT2D eigenvalue weighted by Crippen LogP contribution is 2.26. The molecule has 0 aromatic heterocycles. The fraction of sp³-hybridized carbons (Fsp3) is 0.211. The highest BCUT2D eigenvalue weighted by atomic mass is 16.5. The highest BCUT2D eigenvalue weighted by molar-refractivity contribution is 5.73. The van der Waals surface area contributed by atoms with Crippen molar-refractivity contribution in [2.24, 2.45) is 16.5 Å². The van der Waals surface area contributed by atoms with Crippen molar-refractivity contribution >= 4 is 6.21 Å². The molecular weight excluding hydrogens is 286 g/mol. The van der Waals surface area contributed by atoms with Gasteiger partial charge in [0.05, 0.1) is 12.6 Å². The highest BCUT2D eigenvalue weighted by Gasteiger charge is 2.31. The molecule has 2 aromatic rings. The number of nitrogens with zero attached hydrogens (tertiary/aromatic N) is 1. The topological polar surface area (TPSA) is 73.6 Å². The number of hydrogen-bond acceptors (Lipinski definition) is 4. The van der Waals surface area contributed by atoms with Crippen molar-refractivity contribution in [2.75, 3.05) is 7.11 Å². The van der Waals surface area contributed by atoms with E-state index >= 15 is 0 Å². The van der Waals surface area contributed by atoms with Crippen LogP contribution >= 0.6 is 0 Å². The normalized spacial score (nSPS) is 23.0. The Labute approximate surface area is 136 Å². The lowest BCUT2D eigenvalue weighted by Gasteiger charge is -2.31. The summed E-state index contributed by atoms with van der Waals surface area (Å²) in [6, 6.07) is 16.3. The molecule has 1 heterocycles. The predicted molar refractivity (Wildman–Crippen MR) is 94.7 cm³/mol. The summed E-state index contributed by atoms with van der Waals surface area (Å²) in [5, 5.41) is 0. The maximum atomic E-state index is 6.42. The smallest absolute Gasteiger partial charge is 0.119 e. The lowest BCUT2D eigenvalue weighted by molar-refractivity contribution is 0.415. The summed E-state index contributed by atoms with van der Waals surface area (Å²) in [6.45, 7) is 0. The molecule has 0 bridgehead atoms. The third-order valence-electron chi connectivity index (χ3n) is 4.13. The first-order valence-electron chi connectivity index (χ1n) is 7.59. The van der Waals surface area contributed by atoms with Crippen LogP contribution in [0.3, 0.4) is 0 Å². The van der Waals surface area contributed by atoms with Gasteiger partial charge >= 0.3 is 0 Å². The summed E-state index contributed by atoms with van der Waals surface area (Å²) in [5.41, 5.74) is 15.2. The number of ether oxygens (including phenoxy) is 1. The lowest BCUT2D eigenvalue weighted by Crippen LogP contribution is -2.55. The molecular formula is C19H21N3O. The number of methoxy groups -OCH3 is 1. The molecule has 0 spiro atoms. The molecule has 0 saturated heterocycles. The number of nitrogens with two attached hydrogens (primary N) is 2. The summed E-state index contributed by atoms with van der Waals surface area (Å²) >= 11 is 0. The van der Waals surface area contributed by atoms with E-state index in [4.69, 9.17) is 16.2 Å². The van der Waals surface area contributed by atoms with Crippen LogP contribution in [0, 0.1) is 0 Å². The molecule has 4 nitrogen and oxygen atoms in total. The molecule has 4 N–H and O–H groups in total. The van der Waals surface area contributed by atoms with Crippen LogP contribution in [-0.2, 0) is 6.42 Å². The maximum Gasteiger partial charge on any atom is 0.119 e. The quantitative estimate of drug-likeness (QED) is 0.911. The molecule has 0 radical (unpaired) electrons. The summed E-state index contributed by atoms with van der Waals surface area (Å²) in [4.78, 5) is 4.21. The summed E-state index contributed by atoms with van der Waals surface area (Å²) in [7, 11) is 1.67. The number of allylic oxidation sites excluding steroid dienone is 1. The molecule has 0 aliphatic carbocycles. The van der Waals surface area contributed by atoms with Crippen molar-refractivity contribution < 1.29 is 4.74 Å². The summed E-state index contributed by atoms with van der Waals surface area (Å²) in [6.07, 6.45) is 5.70. The first-order valence-corrected chi connectivity index (χ1v) is 7.59. The van der Waals surface area contributed by atoms with Crippen molar-refractivity contribution in [3.05, 3.63) is 66.2 Å². The van der Waals surface area contributed by atoms with Gasteiger partial charge in [0.2, 0.25) is 0 Å². The van der Waals surface area contributed by atoms with Crippen LogP contribution in [0.15, 0.2) is 65.7 Å². The minimum absolute atomic E-state index is 0.423. The number of dihydropyridines is 1. The van der Waals surface area contributed by atoms with Crippen molar-refractivity contribution in [1.82, 2.24) is 0 Å². The van der Waals surface area contributed by atoms with Gasteiger partial charge in [-0.1, -0.05) is 42.5 Å². The molecule has 118 valence electrons. The Kier molecular flexibility index (Phi) is 4.28. The van der Waals surface area contributed by atoms with Crippen LogP contribution in [0.4, 0.5) is 0 Å². The second-order valence-electron chi connectivity index (χ2n) is 5.82. The van der Waals surface area contributed by atoms with E-state index in [1.54, 1.807) is 13.3 Å². The van der Waals surface area contributed by atoms with Crippen LogP contribution in [0.5, 0.6) is 5.75 Å². The Bertz CT molecular complexity index is 754. The summed E-state index contributed by atoms with van der Waals surface area (Å²) in [5.74, 6) is 0.842. The van der Waals surface area contributed by atoms with Crippen LogP contribution < -0.4 is 16.2 Å². The van der Waals surface area contributed by atoms with Gasteiger partial charge in [0.1, 0.15) is 11.9 Å². The van der Waals surface area contributed by atoms with E-state index in [2.05, 4.69) is 29.3 Å². The van der Waals surface area contributed by atoms with E-state index in [0.717, 1.165) is 22.4 Å². The van der Waals surface area contributed by atoms with Gasteiger partial charge in [0, 0.05) is 6.21 Å². The first-order chi connectivity index (χ1) is 11.1. The molecule has 2 atom stereocenters. The lowest BCUT2D eigenvalue weighted by atomic mass is 9.86. The van der Waals surface area contributed by atoms with Gasteiger partial charge in [-0.2, -0.15) is 0 Å². The molecule has 1 aliphatic rings. The van der Waals surface area contributed by atoms with E-state index < -0.39 is 11.7 Å². The van der Waals surface area contributed by atoms with Crippen LogP contribution in [-0.4, -0.2) is 25.0 Å². The van der Waals surface area contributed by atoms with Crippen molar-refractivity contribution in [2.45, 2.75) is 18.1 Å². The molecule has 23 heavy (non-hydrogen) atoms. The zero-order valence-corrected chi connectivity index (χ0v) is 13.1. The first kappa shape index (κ1) is 15.5. The summed E-state index contributed by atoms with van der Waals surface area (Å²) < 4.78 is 5.30. The largest absolute Gasteiger partial charge is 0.497 e. The monoisotopic (exact) mass is 307 g/mol. The minimum atomic E-state index is -0.651. The zero-order chi connectivity index (χ0) is 16.3. The fourth-order valence-corrected chi connectivity index (χ4v) is 2.78. The number of rotatable bonds is 4. The SMILES string of the molecule is COc1cccc(-c2cccc(CC3(N)C=CC=NC3N)c2)c1. The molecule has 4 heteroatoms. The van der Waals surface area contributed by atoms with Crippen LogP contribution in [0.25, 0.3) is 11.1 Å². The van der Waals surface area contributed by atoms with Crippen molar-refractivity contribution in [3.8, 4) is 16.9 Å². The molecule has 1 aliphatic heterocycles. The molecule has 0 fully saturated rings. The predicted octanol–water partition coefficient (Wildman–Crippen LogP) is 2.53. The Balaban J connectivity index is 1.88. The Morgan fingerprint density at radius 1 is 1.13 bits per heavy atom. The van der Waals surface area contributed by atoms with E-state index in [0.29, 0.717) is 6.42 Å². The van der Waals surface area contributed by atoms with Crippen molar-refractivity contribution in [1.29, 1.82) is 0 Å². The third-order valence-corrected chi connectivity index (χ3v) is 4.13. The van der Waals surface area contributed by atoms with Gasteiger partial charge < -0.3 is 16.2 Å². The average Bonchev–Trinajstić information content (AvgIpc) is 2.58. The van der Waals surface area contributed by atoms with Gasteiger partial charge in [-0.3, -0.25) is 4.99 Å². The molecule has 0 amide bonds. The van der Waals surface area contributed by atoms with E-state index in [9.17, 15) is 0 Å². The minimum Gasteiger partial charge on any atom is -0.497 e. The second kappa shape index (κ2) is 6.36. The molecule has 3 rings (SSSR count). The van der Waals surface area contributed by atoms with E-state index in [1.165, 1.54) is 0 Å². The molecule has 2 unspecified atom stereocenters. The van der Waals surface area contributed by atoms with E-state index in [-0.39, 0.29) is 0 Å². The van der Waals surface area contributed by atoms with Gasteiger partial charge in [-0.15, -0.1) is 0 Å². The molecule has 0 saturated carbocycles. The third kappa shape index (κ3) is 3.33. The number of aliphatic imine (C=N–C) groups is 1. The Morgan fingerprint density at radius 2 is 1.87 bits per heavy atom. The maximum absolute atomic E-state index is 6.42. The zero-order valence-electron chi connectivity index (χ0n) is 13.1. The number of hydrogen-bond donors (Lipinski definition) is 2. The van der Waals surface area contributed by atoms with E-state index in [1.807, 2.05) is 36.4 Å². The van der Waals surface area contributed by atoms with Gasteiger partial charge in [-0.05, 0) is 41.3 Å². The van der Waals surface area contributed by atoms with Crippen LogP contribution in [0.2, 0.25) is 0 Å². The Morgan fingerprint density at radius 3 is 2.61 bits per heavy atom.